The molecule has 4 heteroatoms. The van der Waals surface area contributed by atoms with Gasteiger partial charge in [0.1, 0.15) is 0 Å². The third-order valence-electron chi connectivity index (χ3n) is 0.512. The molecule has 0 unspecified atom stereocenters. The predicted molar refractivity (Wildman–Crippen MR) is 30.2 cm³/mol. The minimum absolute atomic E-state index is 0.316. The molecule has 0 radical (unpaired) electrons. The quantitative estimate of drug-likeness (QED) is 0.348. The van der Waals surface area contributed by atoms with Gasteiger partial charge in [-0.2, -0.15) is 0 Å². The summed E-state index contributed by atoms with van der Waals surface area (Å²) in [4.78, 5) is 0. The molecular weight excluding hydrogens is 124 g/mol. The van der Waals surface area contributed by atoms with Gasteiger partial charge in [0.05, 0.1) is 5.76 Å². The molecular formula is C5H10O4. The first-order valence-corrected chi connectivity index (χ1v) is 2.37. The van der Waals surface area contributed by atoms with Crippen molar-refractivity contribution in [2.75, 3.05) is 6.61 Å². The van der Waals surface area contributed by atoms with E-state index in [4.69, 9.17) is 15.3 Å². The van der Waals surface area contributed by atoms with E-state index in [2.05, 4.69) is 11.3 Å². The van der Waals surface area contributed by atoms with Crippen molar-refractivity contribution in [2.45, 2.75) is 12.9 Å². The van der Waals surface area contributed by atoms with Gasteiger partial charge in [0.25, 0.3) is 0 Å². The molecule has 54 valence electrons. The standard InChI is InChI=1S/C5H10O4/c1-4(2)9-3-5(6,7)8/h6-8H,1,3H2,2H3. The van der Waals surface area contributed by atoms with Crippen molar-refractivity contribution >= 4 is 0 Å². The molecule has 0 aliphatic carbocycles. The van der Waals surface area contributed by atoms with Gasteiger partial charge in [-0.15, -0.1) is 0 Å². The van der Waals surface area contributed by atoms with E-state index < -0.39 is 12.6 Å². The zero-order chi connectivity index (χ0) is 7.49. The summed E-state index contributed by atoms with van der Waals surface area (Å²) in [5.41, 5.74) is 0. The largest absolute Gasteiger partial charge is 0.490 e. The van der Waals surface area contributed by atoms with E-state index in [1.807, 2.05) is 0 Å². The number of hydrogen-bond donors (Lipinski definition) is 3. The Hall–Kier alpha value is -0.580. The maximum Gasteiger partial charge on any atom is 0.311 e. The Kier molecular flexibility index (Phi) is 2.64. The van der Waals surface area contributed by atoms with E-state index in [1.54, 1.807) is 0 Å². The molecule has 0 spiro atoms. The summed E-state index contributed by atoms with van der Waals surface area (Å²) in [5, 5.41) is 24.6. The minimum Gasteiger partial charge on any atom is -0.490 e. The first kappa shape index (κ1) is 8.42. The third-order valence-corrected chi connectivity index (χ3v) is 0.512. The van der Waals surface area contributed by atoms with Crippen LogP contribution in [-0.2, 0) is 4.74 Å². The summed E-state index contributed by atoms with van der Waals surface area (Å²) >= 11 is 0. The number of aliphatic hydroxyl groups is 3. The Morgan fingerprint density at radius 3 is 2.11 bits per heavy atom. The van der Waals surface area contributed by atoms with Crippen molar-refractivity contribution in [3.05, 3.63) is 12.3 Å². The Balaban J connectivity index is 3.39. The lowest BCUT2D eigenvalue weighted by Crippen LogP contribution is -2.32. The highest BCUT2D eigenvalue weighted by molar-refractivity contribution is 4.73. The lowest BCUT2D eigenvalue weighted by atomic mass is 10.6. The Morgan fingerprint density at radius 2 is 2.00 bits per heavy atom. The average molecular weight is 134 g/mol. The fourth-order valence-electron chi connectivity index (χ4n) is 0.220. The smallest absolute Gasteiger partial charge is 0.311 e. The van der Waals surface area contributed by atoms with Gasteiger partial charge >= 0.3 is 5.97 Å². The molecule has 0 atom stereocenters. The van der Waals surface area contributed by atoms with Gasteiger partial charge in [0, 0.05) is 0 Å². The van der Waals surface area contributed by atoms with E-state index >= 15 is 0 Å². The van der Waals surface area contributed by atoms with Gasteiger partial charge < -0.3 is 20.1 Å². The van der Waals surface area contributed by atoms with Crippen LogP contribution in [0, 0.1) is 0 Å². The van der Waals surface area contributed by atoms with Crippen molar-refractivity contribution in [1.29, 1.82) is 0 Å². The van der Waals surface area contributed by atoms with Crippen LogP contribution >= 0.6 is 0 Å². The first-order valence-electron chi connectivity index (χ1n) is 2.37. The molecule has 3 N–H and O–H groups in total. The SMILES string of the molecule is C=C(C)OCC(O)(O)O. The molecule has 0 aromatic carbocycles. The lowest BCUT2D eigenvalue weighted by Gasteiger charge is -2.13. The average Bonchev–Trinajstić information content (AvgIpc) is 1.59. The molecule has 0 amide bonds. The second-order valence-electron chi connectivity index (χ2n) is 1.77. The van der Waals surface area contributed by atoms with E-state index in [1.165, 1.54) is 6.92 Å². The first-order chi connectivity index (χ1) is 3.92. The Bertz CT molecular complexity index is 102. The Morgan fingerprint density at radius 1 is 1.56 bits per heavy atom. The highest BCUT2D eigenvalue weighted by Gasteiger charge is 2.18. The van der Waals surface area contributed by atoms with Crippen LogP contribution in [0.15, 0.2) is 12.3 Å². The topological polar surface area (TPSA) is 69.9 Å². The van der Waals surface area contributed by atoms with Crippen molar-refractivity contribution in [1.82, 2.24) is 0 Å². The molecule has 0 heterocycles. The molecule has 0 saturated carbocycles. The zero-order valence-electron chi connectivity index (χ0n) is 5.16. The minimum atomic E-state index is -2.75. The van der Waals surface area contributed by atoms with Crippen molar-refractivity contribution in [3.8, 4) is 0 Å². The van der Waals surface area contributed by atoms with Crippen LogP contribution in [0.1, 0.15) is 6.92 Å². The number of allylic oxidation sites excluding steroid dienone is 1. The van der Waals surface area contributed by atoms with Crippen LogP contribution < -0.4 is 0 Å². The van der Waals surface area contributed by atoms with E-state index in [-0.39, 0.29) is 0 Å². The number of hydrogen-bond acceptors (Lipinski definition) is 4. The van der Waals surface area contributed by atoms with E-state index in [0.29, 0.717) is 5.76 Å². The summed E-state index contributed by atoms with van der Waals surface area (Å²) < 4.78 is 4.46. The number of rotatable bonds is 3. The van der Waals surface area contributed by atoms with Crippen LogP contribution in [0.5, 0.6) is 0 Å². The second kappa shape index (κ2) is 2.82. The van der Waals surface area contributed by atoms with Gasteiger partial charge in [-0.1, -0.05) is 6.58 Å². The molecule has 0 bridgehead atoms. The summed E-state index contributed by atoms with van der Waals surface area (Å²) in [6.07, 6.45) is 0. The van der Waals surface area contributed by atoms with Crippen molar-refractivity contribution in [2.24, 2.45) is 0 Å². The fraction of sp³-hybridized carbons (Fsp3) is 0.600. The van der Waals surface area contributed by atoms with Gasteiger partial charge in [0.15, 0.2) is 6.61 Å². The van der Waals surface area contributed by atoms with E-state index in [0.717, 1.165) is 0 Å². The molecule has 4 nitrogen and oxygen atoms in total. The van der Waals surface area contributed by atoms with Gasteiger partial charge in [-0.25, -0.2) is 0 Å². The van der Waals surface area contributed by atoms with E-state index in [9.17, 15) is 0 Å². The molecule has 0 aromatic rings. The monoisotopic (exact) mass is 134 g/mol. The normalized spacial score (nSPS) is 11.1. The fourth-order valence-corrected chi connectivity index (χ4v) is 0.220. The van der Waals surface area contributed by atoms with Crippen LogP contribution in [0.4, 0.5) is 0 Å². The summed E-state index contributed by atoms with van der Waals surface area (Å²) in [6, 6.07) is 0. The van der Waals surface area contributed by atoms with Gasteiger partial charge in [-0.05, 0) is 6.92 Å². The van der Waals surface area contributed by atoms with Crippen LogP contribution in [0.3, 0.4) is 0 Å². The maximum absolute atomic E-state index is 8.21. The zero-order valence-corrected chi connectivity index (χ0v) is 5.16. The van der Waals surface area contributed by atoms with Crippen molar-refractivity contribution < 1.29 is 20.1 Å². The molecule has 0 saturated heterocycles. The molecule has 0 aliphatic heterocycles. The lowest BCUT2D eigenvalue weighted by molar-refractivity contribution is -0.327. The summed E-state index contributed by atoms with van der Waals surface area (Å²) in [5.74, 6) is -2.43. The number of ether oxygens (including phenoxy) is 1. The molecule has 0 aromatic heterocycles. The van der Waals surface area contributed by atoms with Crippen LogP contribution in [0.25, 0.3) is 0 Å². The molecule has 0 rings (SSSR count). The molecule has 9 heavy (non-hydrogen) atoms. The Labute approximate surface area is 53.0 Å². The molecule has 0 fully saturated rings. The third kappa shape index (κ3) is 7.42. The second-order valence-corrected chi connectivity index (χ2v) is 1.77. The predicted octanol–water partition coefficient (Wildman–Crippen LogP) is -0.833. The highest BCUT2D eigenvalue weighted by atomic mass is 16.7. The van der Waals surface area contributed by atoms with Gasteiger partial charge in [-0.3, -0.25) is 0 Å². The molecule has 0 aliphatic rings. The van der Waals surface area contributed by atoms with Gasteiger partial charge in [0.2, 0.25) is 0 Å². The summed E-state index contributed by atoms with van der Waals surface area (Å²) in [7, 11) is 0. The highest BCUT2D eigenvalue weighted by Crippen LogP contribution is 1.97. The van der Waals surface area contributed by atoms with Crippen LogP contribution in [0.2, 0.25) is 0 Å². The maximum atomic E-state index is 8.21. The van der Waals surface area contributed by atoms with Crippen molar-refractivity contribution in [3.63, 3.8) is 0 Å². The summed E-state index contributed by atoms with van der Waals surface area (Å²) in [6.45, 7) is 4.26. The van der Waals surface area contributed by atoms with Crippen LogP contribution in [-0.4, -0.2) is 27.9 Å².